The van der Waals surface area contributed by atoms with E-state index >= 15 is 0 Å². The molecular weight excluding hydrogens is 1160 g/mol. The van der Waals surface area contributed by atoms with E-state index < -0.39 is 6.10 Å². The lowest BCUT2D eigenvalue weighted by Crippen LogP contribution is -2.30. The summed E-state index contributed by atoms with van der Waals surface area (Å²) in [6.07, 6.45) is 2.22. The predicted octanol–water partition coefficient (Wildman–Crippen LogP) is 13.5. The van der Waals surface area contributed by atoms with Gasteiger partial charge in [0.1, 0.15) is 33.9 Å². The Morgan fingerprint density at radius 3 is 1.39 bits per heavy atom. The van der Waals surface area contributed by atoms with Crippen molar-refractivity contribution in [2.45, 2.75) is 25.0 Å². The largest absolute Gasteiger partial charge is 0.497 e. The van der Waals surface area contributed by atoms with Crippen molar-refractivity contribution in [1.29, 1.82) is 0 Å². The molecule has 0 bridgehead atoms. The van der Waals surface area contributed by atoms with Gasteiger partial charge in [0.25, 0.3) is 18.9 Å². The molecular formula is C66H56F2N2O11S4. The number of nitrogens with zero attached hydrogens (tertiary/aromatic N) is 2. The van der Waals surface area contributed by atoms with Gasteiger partial charge < -0.3 is 33.2 Å². The molecule has 0 aromatic heterocycles. The molecule has 0 atom stereocenters. The summed E-state index contributed by atoms with van der Waals surface area (Å²) in [7, 11) is 1.63. The molecule has 434 valence electrons. The van der Waals surface area contributed by atoms with Crippen LogP contribution in [0.4, 0.5) is 8.78 Å². The van der Waals surface area contributed by atoms with Crippen LogP contribution in [-0.2, 0) is 41.5 Å². The fraction of sp³-hybridized carbons (Fsp3) is 0.152. The molecule has 0 radical (unpaired) electrons. The summed E-state index contributed by atoms with van der Waals surface area (Å²) < 4.78 is 67.2. The molecule has 19 heteroatoms. The minimum atomic E-state index is -0.430. The maximum absolute atomic E-state index is 13.3. The number of thioether (sulfide) groups is 2. The van der Waals surface area contributed by atoms with E-state index in [4.69, 9.17) is 52.9 Å². The lowest BCUT2D eigenvalue weighted by Gasteiger charge is -2.22. The molecule has 0 unspecified atom stereocenters. The van der Waals surface area contributed by atoms with E-state index in [9.17, 15) is 28.0 Å². The summed E-state index contributed by atoms with van der Waals surface area (Å²) in [5.41, 5.74) is 6.66. The Bertz CT molecular complexity index is 3440. The van der Waals surface area contributed by atoms with E-state index in [1.807, 2.05) is 152 Å². The van der Waals surface area contributed by atoms with Gasteiger partial charge >= 0.3 is 0 Å². The van der Waals surface area contributed by atoms with Gasteiger partial charge in [-0.2, -0.15) is 0 Å². The van der Waals surface area contributed by atoms with E-state index in [0.717, 1.165) is 45.1 Å². The molecule has 10 rings (SSSR count). The highest BCUT2D eigenvalue weighted by molar-refractivity contribution is 8.26. The zero-order valence-electron chi connectivity index (χ0n) is 45.7. The Hall–Kier alpha value is -8.88. The highest BCUT2D eigenvalue weighted by Gasteiger charge is 2.33. The summed E-state index contributed by atoms with van der Waals surface area (Å²) in [4.78, 5) is 47.1. The van der Waals surface area contributed by atoms with Gasteiger partial charge in [0.05, 0.1) is 31.0 Å². The summed E-state index contributed by atoms with van der Waals surface area (Å²) in [5, 5.41) is 0. The van der Waals surface area contributed by atoms with Crippen molar-refractivity contribution >= 4 is 87.4 Å². The number of thiocarbonyl (C=S) groups is 2. The number of amides is 2. The van der Waals surface area contributed by atoms with E-state index in [2.05, 4.69) is 4.74 Å². The number of hydrogen-bond acceptors (Lipinski definition) is 15. The normalized spacial score (nSPS) is 13.2. The quantitative estimate of drug-likeness (QED) is 0.0322. The average molecular weight is 1220 g/mol. The zero-order chi connectivity index (χ0) is 59.8. The van der Waals surface area contributed by atoms with Crippen molar-refractivity contribution in [2.75, 3.05) is 39.5 Å². The van der Waals surface area contributed by atoms with Crippen LogP contribution in [0.2, 0.25) is 0 Å². The number of benzene rings is 8. The molecule has 2 fully saturated rings. The van der Waals surface area contributed by atoms with Crippen LogP contribution in [0.5, 0.6) is 28.7 Å². The standard InChI is InChI=1S/C33H26FNO5S2.C28H25FO3.C5H5NO3S2/c34-27-14-11-23(12-15-27)17-18-39-28-16-13-24(20-30-32(37)35(21-38-22-36)33(41)42-30)19-29(28)40-31(25-7-3-1-4-8-25)26-9-5-2-6-10-26;1-30-25-16-17-26(31-19-18-21-12-14-24(29)15-13-21)27(20-25)32-28(22-8-4-2-5-9-22)23-10-6-3-7-11-23;7-3-9-2-6-4(8)1-11-5(6)10/h1-16,19-20,22,31H,17-18,21H2;2-17,20,28H,18-19H2,1H3;3H,1-2H2/b30-20-;;. The summed E-state index contributed by atoms with van der Waals surface area (Å²) in [5.74, 6) is 2.29. The molecule has 0 aliphatic carbocycles. The Labute approximate surface area is 510 Å². The van der Waals surface area contributed by atoms with Crippen LogP contribution in [0.3, 0.4) is 0 Å². The van der Waals surface area contributed by atoms with Crippen molar-refractivity contribution in [3.8, 4) is 28.7 Å². The van der Waals surface area contributed by atoms with Crippen LogP contribution in [0.1, 0.15) is 51.2 Å². The lowest BCUT2D eigenvalue weighted by atomic mass is 10.0. The van der Waals surface area contributed by atoms with Gasteiger partial charge in [-0.1, -0.05) is 200 Å². The topological polar surface area (TPSA) is 139 Å². The van der Waals surface area contributed by atoms with E-state index in [1.165, 1.54) is 45.8 Å². The summed E-state index contributed by atoms with van der Waals surface area (Å²) in [6.45, 7) is 1.05. The molecule has 8 aromatic rings. The first-order valence-corrected chi connectivity index (χ1v) is 29.0. The molecule has 0 N–H and O–H groups in total. The van der Waals surface area contributed by atoms with Crippen molar-refractivity contribution in [3.63, 3.8) is 0 Å². The van der Waals surface area contributed by atoms with Crippen LogP contribution in [-0.4, -0.2) is 82.7 Å². The van der Waals surface area contributed by atoms with Crippen LogP contribution in [0, 0.1) is 11.6 Å². The Balaban J connectivity index is 0.000000192. The second-order valence-corrected chi connectivity index (χ2v) is 21.7. The van der Waals surface area contributed by atoms with Gasteiger partial charge in [0, 0.05) is 18.9 Å². The predicted molar refractivity (Wildman–Crippen MR) is 332 cm³/mol. The molecule has 85 heavy (non-hydrogen) atoms. The molecule has 0 saturated carbocycles. The van der Waals surface area contributed by atoms with Crippen LogP contribution in [0.25, 0.3) is 6.08 Å². The maximum Gasteiger partial charge on any atom is 0.294 e. The van der Waals surface area contributed by atoms with Crippen LogP contribution >= 0.6 is 48.0 Å². The number of hydrogen-bond donors (Lipinski definition) is 0. The van der Waals surface area contributed by atoms with Gasteiger partial charge in [0.15, 0.2) is 40.8 Å². The van der Waals surface area contributed by atoms with Crippen molar-refractivity contribution < 1.29 is 61.1 Å². The third kappa shape index (κ3) is 18.3. The highest BCUT2D eigenvalue weighted by Crippen LogP contribution is 2.40. The van der Waals surface area contributed by atoms with Gasteiger partial charge in [-0.05, 0) is 93.6 Å². The van der Waals surface area contributed by atoms with Crippen molar-refractivity contribution in [3.05, 3.63) is 262 Å². The van der Waals surface area contributed by atoms with Crippen molar-refractivity contribution in [2.24, 2.45) is 0 Å². The van der Waals surface area contributed by atoms with E-state index in [1.54, 1.807) is 43.5 Å². The maximum atomic E-state index is 13.3. The number of methoxy groups -OCH3 is 1. The SMILES string of the molecule is COc1ccc(OCCc2ccc(F)cc2)c(OC(c2ccccc2)c2ccccc2)c1.O=COCN1C(=O)/C(=C/c2ccc(OCCc3ccc(F)cc3)c(OC(c3ccccc3)c3ccccc3)c2)SC1=S.O=COCN1C(=O)CSC1=S. The zero-order valence-corrected chi connectivity index (χ0v) is 49.0. The van der Waals surface area contributed by atoms with Gasteiger partial charge in [-0.3, -0.25) is 29.0 Å². The molecule has 8 aromatic carbocycles. The first kappa shape index (κ1) is 62.2. The molecule has 2 saturated heterocycles. The van der Waals surface area contributed by atoms with Crippen molar-refractivity contribution in [1.82, 2.24) is 9.80 Å². The fourth-order valence-electron chi connectivity index (χ4n) is 8.41. The average Bonchev–Trinajstić information content (AvgIpc) is 4.27. The van der Waals surface area contributed by atoms with Crippen LogP contribution < -0.4 is 23.7 Å². The number of ether oxygens (including phenoxy) is 7. The van der Waals surface area contributed by atoms with E-state index in [0.29, 0.717) is 86.1 Å². The second kappa shape index (κ2) is 32.3. The van der Waals surface area contributed by atoms with E-state index in [-0.39, 0.29) is 49.5 Å². The smallest absolute Gasteiger partial charge is 0.294 e. The molecule has 2 heterocycles. The minimum absolute atomic E-state index is 0.0613. The third-order valence-corrected chi connectivity index (χ3v) is 15.5. The molecule has 13 nitrogen and oxygen atoms in total. The molecule has 0 spiro atoms. The number of carbonyl (C=O) groups excluding carboxylic acids is 4. The molecule has 2 amide bonds. The number of carbonyl (C=O) groups is 4. The second-order valence-electron chi connectivity index (χ2n) is 18.4. The third-order valence-electron chi connectivity index (χ3n) is 12.7. The van der Waals surface area contributed by atoms with Gasteiger partial charge in [0.2, 0.25) is 5.91 Å². The van der Waals surface area contributed by atoms with Crippen LogP contribution in [0.15, 0.2) is 211 Å². The lowest BCUT2D eigenvalue weighted by molar-refractivity contribution is -0.137. The summed E-state index contributed by atoms with van der Waals surface area (Å²) in [6, 6.07) is 63.7. The molecule has 2 aliphatic heterocycles. The molecule has 2 aliphatic rings. The fourth-order valence-corrected chi connectivity index (χ4v) is 10.7. The monoisotopic (exact) mass is 1220 g/mol. The highest BCUT2D eigenvalue weighted by atomic mass is 32.2. The van der Waals surface area contributed by atoms with Gasteiger partial charge in [-0.25, -0.2) is 8.78 Å². The Morgan fingerprint density at radius 1 is 0.529 bits per heavy atom. The number of rotatable bonds is 24. The summed E-state index contributed by atoms with van der Waals surface area (Å²) >= 11 is 12.5. The van der Waals surface area contributed by atoms with Gasteiger partial charge in [-0.15, -0.1) is 0 Å². The Kier molecular flexibility index (Phi) is 23.6. The first-order chi connectivity index (χ1) is 41.5. The first-order valence-electron chi connectivity index (χ1n) is 26.4. The number of halogens is 2. The minimum Gasteiger partial charge on any atom is -0.497 e. The Morgan fingerprint density at radius 2 is 0.965 bits per heavy atom.